The van der Waals surface area contributed by atoms with E-state index < -0.39 is 5.41 Å². The van der Waals surface area contributed by atoms with Crippen LogP contribution in [0.1, 0.15) is 35.6 Å². The number of hydrogen-bond acceptors (Lipinski definition) is 3. The largest absolute Gasteiger partial charge is 0.369 e. The molecule has 3 aromatic rings. The molecule has 0 radical (unpaired) electrons. The van der Waals surface area contributed by atoms with Crippen LogP contribution < -0.4 is 5.73 Å². The maximum atomic E-state index is 12.4. The van der Waals surface area contributed by atoms with Crippen LogP contribution in [0.25, 0.3) is 0 Å². The molecule has 0 aliphatic carbocycles. The molecule has 160 valence electrons. The lowest BCUT2D eigenvalue weighted by molar-refractivity contribution is -0.125. The number of primary amides is 1. The lowest BCUT2D eigenvalue weighted by Gasteiger charge is -2.40. The Morgan fingerprint density at radius 2 is 1.32 bits per heavy atom. The van der Waals surface area contributed by atoms with Crippen molar-refractivity contribution < 1.29 is 9.53 Å². The molecule has 1 aliphatic rings. The van der Waals surface area contributed by atoms with E-state index in [9.17, 15) is 4.79 Å². The average Bonchev–Trinajstić information content (AvgIpc) is 2.84. The van der Waals surface area contributed by atoms with E-state index in [2.05, 4.69) is 29.2 Å². The lowest BCUT2D eigenvalue weighted by atomic mass is 9.72. The zero-order valence-corrected chi connectivity index (χ0v) is 17.8. The first-order valence-corrected chi connectivity index (χ1v) is 11.0. The molecule has 4 heteroatoms. The van der Waals surface area contributed by atoms with Crippen molar-refractivity contribution in [3.63, 3.8) is 0 Å². The topological polar surface area (TPSA) is 55.6 Å². The number of amides is 1. The summed E-state index contributed by atoms with van der Waals surface area (Å²) in [6, 6.07) is 30.7. The molecule has 1 fully saturated rings. The van der Waals surface area contributed by atoms with Gasteiger partial charge in [0.15, 0.2) is 0 Å². The zero-order chi connectivity index (χ0) is 21.5. The highest BCUT2D eigenvalue weighted by atomic mass is 16.5. The predicted molar refractivity (Wildman–Crippen MR) is 124 cm³/mol. The molecule has 0 atom stereocenters. The third-order valence-corrected chi connectivity index (χ3v) is 6.40. The maximum Gasteiger partial charge on any atom is 0.228 e. The van der Waals surface area contributed by atoms with Crippen LogP contribution in [-0.2, 0) is 14.9 Å². The average molecular weight is 415 g/mol. The molecule has 4 nitrogen and oxygen atoms in total. The number of ether oxygens (including phenoxy) is 1. The number of rotatable bonds is 8. The Bertz CT molecular complexity index is 913. The summed E-state index contributed by atoms with van der Waals surface area (Å²) in [5, 5.41) is 0. The highest BCUT2D eigenvalue weighted by Gasteiger charge is 2.41. The molecule has 0 aromatic heterocycles. The van der Waals surface area contributed by atoms with Crippen LogP contribution in [0.3, 0.4) is 0 Å². The molecule has 1 saturated heterocycles. The standard InChI is InChI=1S/C27H30N2O2/c28-26(30)27(24-14-8-3-9-15-24)16-18-29(19-17-27)20-21-31-25(22-10-4-1-5-11-22)23-12-6-2-7-13-23/h1-15,25H,16-21H2,(H2,28,30). The monoisotopic (exact) mass is 414 g/mol. The van der Waals surface area contributed by atoms with Crippen LogP contribution in [0.15, 0.2) is 91.0 Å². The van der Waals surface area contributed by atoms with E-state index in [0.717, 1.165) is 49.2 Å². The molecule has 3 aromatic carbocycles. The Balaban J connectivity index is 1.37. The van der Waals surface area contributed by atoms with Crippen LogP contribution in [0, 0.1) is 0 Å². The molecular formula is C27H30N2O2. The zero-order valence-electron chi connectivity index (χ0n) is 17.8. The summed E-state index contributed by atoms with van der Waals surface area (Å²) in [7, 11) is 0. The number of piperidine rings is 1. The van der Waals surface area contributed by atoms with Crippen LogP contribution in [0.5, 0.6) is 0 Å². The number of nitrogens with two attached hydrogens (primary N) is 1. The predicted octanol–water partition coefficient (Wildman–Crippen LogP) is 4.31. The van der Waals surface area contributed by atoms with Crippen LogP contribution >= 0.6 is 0 Å². The molecule has 1 amide bonds. The molecule has 2 N–H and O–H groups in total. The number of hydrogen-bond donors (Lipinski definition) is 1. The fraction of sp³-hybridized carbons (Fsp3) is 0.296. The highest BCUT2D eigenvalue weighted by Crippen LogP contribution is 2.35. The van der Waals surface area contributed by atoms with Gasteiger partial charge in [-0.1, -0.05) is 91.0 Å². The fourth-order valence-corrected chi connectivity index (χ4v) is 4.53. The second-order valence-electron chi connectivity index (χ2n) is 8.23. The quantitative estimate of drug-likeness (QED) is 0.598. The molecule has 31 heavy (non-hydrogen) atoms. The Kier molecular flexibility index (Phi) is 6.80. The van der Waals surface area contributed by atoms with Gasteiger partial charge in [0.1, 0.15) is 6.10 Å². The van der Waals surface area contributed by atoms with Crippen molar-refractivity contribution in [3.05, 3.63) is 108 Å². The number of nitrogens with zero attached hydrogens (tertiary/aromatic N) is 1. The minimum Gasteiger partial charge on any atom is -0.369 e. The Labute approximate surface area is 184 Å². The van der Waals surface area contributed by atoms with Crippen molar-refractivity contribution in [2.24, 2.45) is 5.73 Å². The van der Waals surface area contributed by atoms with Gasteiger partial charge >= 0.3 is 0 Å². The van der Waals surface area contributed by atoms with Gasteiger partial charge in [-0.2, -0.15) is 0 Å². The Hall–Kier alpha value is -2.95. The van der Waals surface area contributed by atoms with Gasteiger partial charge in [-0.15, -0.1) is 0 Å². The second-order valence-corrected chi connectivity index (χ2v) is 8.23. The van der Waals surface area contributed by atoms with Crippen LogP contribution in [0.4, 0.5) is 0 Å². The smallest absolute Gasteiger partial charge is 0.228 e. The molecule has 1 aliphatic heterocycles. The summed E-state index contributed by atoms with van der Waals surface area (Å²) in [6.45, 7) is 3.13. The molecule has 1 heterocycles. The van der Waals surface area contributed by atoms with Crippen molar-refractivity contribution in [1.82, 2.24) is 4.90 Å². The molecule has 0 unspecified atom stereocenters. The first-order chi connectivity index (χ1) is 15.2. The summed E-state index contributed by atoms with van der Waals surface area (Å²) in [6.07, 6.45) is 1.40. The number of carbonyl (C=O) groups excluding carboxylic acids is 1. The third kappa shape index (κ3) is 4.87. The van der Waals surface area contributed by atoms with Gasteiger partial charge in [0.2, 0.25) is 5.91 Å². The minimum absolute atomic E-state index is 0.0822. The first kappa shape index (κ1) is 21.3. The Morgan fingerprint density at radius 3 is 1.81 bits per heavy atom. The maximum absolute atomic E-state index is 12.4. The summed E-state index contributed by atoms with van der Waals surface area (Å²) in [5.74, 6) is -0.220. The van der Waals surface area contributed by atoms with E-state index in [1.54, 1.807) is 0 Å². The number of carbonyl (C=O) groups is 1. The van der Waals surface area contributed by atoms with Crippen molar-refractivity contribution in [2.45, 2.75) is 24.4 Å². The second kappa shape index (κ2) is 9.90. The van der Waals surface area contributed by atoms with E-state index in [1.807, 2.05) is 66.7 Å². The number of benzene rings is 3. The molecular weight excluding hydrogens is 384 g/mol. The van der Waals surface area contributed by atoms with Crippen molar-refractivity contribution in [1.29, 1.82) is 0 Å². The molecule has 0 spiro atoms. The van der Waals surface area contributed by atoms with E-state index in [4.69, 9.17) is 10.5 Å². The summed E-state index contributed by atoms with van der Waals surface area (Å²) in [5.41, 5.74) is 8.65. The fourth-order valence-electron chi connectivity index (χ4n) is 4.53. The van der Waals surface area contributed by atoms with Gasteiger partial charge in [0, 0.05) is 6.54 Å². The van der Waals surface area contributed by atoms with E-state index in [0.29, 0.717) is 6.61 Å². The van der Waals surface area contributed by atoms with E-state index in [1.165, 1.54) is 0 Å². The molecule has 0 bridgehead atoms. The van der Waals surface area contributed by atoms with E-state index >= 15 is 0 Å². The summed E-state index contributed by atoms with van der Waals surface area (Å²) >= 11 is 0. The van der Waals surface area contributed by atoms with Crippen molar-refractivity contribution >= 4 is 5.91 Å². The number of likely N-dealkylation sites (tertiary alicyclic amines) is 1. The van der Waals surface area contributed by atoms with Gasteiger partial charge in [0.05, 0.1) is 12.0 Å². The van der Waals surface area contributed by atoms with Crippen molar-refractivity contribution in [2.75, 3.05) is 26.2 Å². The van der Waals surface area contributed by atoms with E-state index in [-0.39, 0.29) is 12.0 Å². The lowest BCUT2D eigenvalue weighted by Crippen LogP contribution is -2.50. The normalized spacial score (nSPS) is 16.3. The van der Waals surface area contributed by atoms with Crippen LogP contribution in [0.2, 0.25) is 0 Å². The molecule has 4 rings (SSSR count). The molecule has 0 saturated carbocycles. The summed E-state index contributed by atoms with van der Waals surface area (Å²) in [4.78, 5) is 14.8. The third-order valence-electron chi connectivity index (χ3n) is 6.40. The SMILES string of the molecule is NC(=O)C1(c2ccccc2)CCN(CCOC(c2ccccc2)c2ccccc2)CC1. The van der Waals surface area contributed by atoms with Crippen molar-refractivity contribution in [3.8, 4) is 0 Å². The van der Waals surface area contributed by atoms with Gasteiger partial charge in [-0.25, -0.2) is 0 Å². The summed E-state index contributed by atoms with van der Waals surface area (Å²) < 4.78 is 6.37. The van der Waals surface area contributed by atoms with Gasteiger partial charge < -0.3 is 15.4 Å². The van der Waals surface area contributed by atoms with Gasteiger partial charge in [0.25, 0.3) is 0 Å². The van der Waals surface area contributed by atoms with Gasteiger partial charge in [-0.3, -0.25) is 4.79 Å². The minimum atomic E-state index is -0.560. The van der Waals surface area contributed by atoms with Crippen LogP contribution in [-0.4, -0.2) is 37.0 Å². The highest BCUT2D eigenvalue weighted by molar-refractivity contribution is 5.86. The first-order valence-electron chi connectivity index (χ1n) is 11.0. The Morgan fingerprint density at radius 1 is 0.839 bits per heavy atom. The van der Waals surface area contributed by atoms with Gasteiger partial charge in [-0.05, 0) is 42.6 Å².